The number of carbonyl (C=O) groups is 1. The fourth-order valence-corrected chi connectivity index (χ4v) is 1.68. The molecule has 0 saturated heterocycles. The van der Waals surface area contributed by atoms with E-state index in [1.807, 2.05) is 6.92 Å². The summed E-state index contributed by atoms with van der Waals surface area (Å²) in [4.78, 5) is 11.7. The van der Waals surface area contributed by atoms with E-state index >= 15 is 0 Å². The van der Waals surface area contributed by atoms with Crippen molar-refractivity contribution in [2.24, 2.45) is 0 Å². The van der Waals surface area contributed by atoms with Crippen molar-refractivity contribution < 1.29 is 27.8 Å². The van der Waals surface area contributed by atoms with Gasteiger partial charge >= 0.3 is 12.2 Å². The highest BCUT2D eigenvalue weighted by Crippen LogP contribution is 2.24. The van der Waals surface area contributed by atoms with E-state index in [4.69, 9.17) is 5.11 Å². The fraction of sp³-hybridized carbons (Fsp3) is 0.500. The van der Waals surface area contributed by atoms with Crippen LogP contribution < -0.4 is 15.4 Å². The SMILES string of the molecule is CC[C@H](CO)NC(=O)Nc1ccc(OCC(F)(F)F)c(C)c1. The van der Waals surface area contributed by atoms with Crippen molar-refractivity contribution in [1.29, 1.82) is 0 Å². The number of aliphatic hydroxyl groups is 1. The zero-order valence-electron chi connectivity index (χ0n) is 12.3. The zero-order chi connectivity index (χ0) is 16.8. The highest BCUT2D eigenvalue weighted by molar-refractivity contribution is 5.89. The lowest BCUT2D eigenvalue weighted by atomic mass is 10.2. The molecule has 1 rings (SSSR count). The topological polar surface area (TPSA) is 70.6 Å². The van der Waals surface area contributed by atoms with Crippen molar-refractivity contribution in [1.82, 2.24) is 5.32 Å². The van der Waals surface area contributed by atoms with Crippen LogP contribution in [0.1, 0.15) is 18.9 Å². The van der Waals surface area contributed by atoms with Gasteiger partial charge < -0.3 is 20.5 Å². The Morgan fingerprint density at radius 1 is 1.41 bits per heavy atom. The molecule has 0 fully saturated rings. The van der Waals surface area contributed by atoms with Gasteiger partial charge in [-0.25, -0.2) is 4.79 Å². The first kappa shape index (κ1) is 18.1. The van der Waals surface area contributed by atoms with Crippen molar-refractivity contribution in [3.8, 4) is 5.75 Å². The standard InChI is InChI=1S/C14H19F3N2O3/c1-3-10(7-20)18-13(21)19-11-4-5-12(9(2)6-11)22-8-14(15,16)17/h4-6,10,20H,3,7-8H2,1-2H3,(H2,18,19,21)/t10-/m1/s1. The summed E-state index contributed by atoms with van der Waals surface area (Å²) in [6, 6.07) is 3.46. The van der Waals surface area contributed by atoms with E-state index < -0.39 is 18.8 Å². The molecule has 22 heavy (non-hydrogen) atoms. The molecule has 0 spiro atoms. The molecule has 0 aliphatic rings. The lowest BCUT2D eigenvalue weighted by Gasteiger charge is -2.16. The first-order valence-corrected chi connectivity index (χ1v) is 6.73. The maximum Gasteiger partial charge on any atom is 0.422 e. The molecule has 0 aliphatic heterocycles. The van der Waals surface area contributed by atoms with E-state index in [0.29, 0.717) is 17.7 Å². The summed E-state index contributed by atoms with van der Waals surface area (Å²) in [7, 11) is 0. The van der Waals surface area contributed by atoms with E-state index in [9.17, 15) is 18.0 Å². The second kappa shape index (κ2) is 7.88. The number of ether oxygens (including phenoxy) is 1. The van der Waals surface area contributed by atoms with Crippen LogP contribution in [-0.4, -0.2) is 36.6 Å². The third-order valence-electron chi connectivity index (χ3n) is 2.87. The van der Waals surface area contributed by atoms with Crippen LogP contribution >= 0.6 is 0 Å². The molecule has 0 radical (unpaired) electrons. The van der Waals surface area contributed by atoms with Gasteiger partial charge in [0, 0.05) is 5.69 Å². The quantitative estimate of drug-likeness (QED) is 0.755. The zero-order valence-corrected chi connectivity index (χ0v) is 12.3. The van der Waals surface area contributed by atoms with Crippen molar-refractivity contribution in [2.45, 2.75) is 32.5 Å². The number of nitrogens with one attached hydrogen (secondary N) is 2. The van der Waals surface area contributed by atoms with Gasteiger partial charge in [-0.3, -0.25) is 0 Å². The van der Waals surface area contributed by atoms with Gasteiger partial charge in [0.25, 0.3) is 0 Å². The Balaban J connectivity index is 2.63. The summed E-state index contributed by atoms with van der Waals surface area (Å²) in [5.74, 6) is 0.102. The minimum atomic E-state index is -4.40. The molecule has 0 heterocycles. The summed E-state index contributed by atoms with van der Waals surface area (Å²) in [6.07, 6.45) is -3.82. The highest BCUT2D eigenvalue weighted by atomic mass is 19.4. The molecule has 1 aromatic carbocycles. The van der Waals surface area contributed by atoms with Gasteiger partial charge in [0.1, 0.15) is 5.75 Å². The predicted octanol–water partition coefficient (Wildman–Crippen LogP) is 2.83. The van der Waals surface area contributed by atoms with Crippen molar-refractivity contribution in [2.75, 3.05) is 18.5 Å². The number of aryl methyl sites for hydroxylation is 1. The summed E-state index contributed by atoms with van der Waals surface area (Å²) >= 11 is 0. The van der Waals surface area contributed by atoms with Gasteiger partial charge in [-0.1, -0.05) is 6.92 Å². The average molecular weight is 320 g/mol. The molecule has 0 bridgehead atoms. The van der Waals surface area contributed by atoms with Crippen LogP contribution in [0, 0.1) is 6.92 Å². The average Bonchev–Trinajstić information content (AvgIpc) is 2.42. The molecule has 3 N–H and O–H groups in total. The minimum Gasteiger partial charge on any atom is -0.484 e. The molecule has 1 atom stereocenters. The number of aliphatic hydroxyl groups excluding tert-OH is 1. The first-order chi connectivity index (χ1) is 10.2. The Kier molecular flexibility index (Phi) is 6.48. The normalized spacial score (nSPS) is 12.6. The minimum absolute atomic E-state index is 0.102. The van der Waals surface area contributed by atoms with E-state index in [0.717, 1.165) is 0 Å². The number of carbonyl (C=O) groups excluding carboxylic acids is 1. The number of anilines is 1. The number of amides is 2. The largest absolute Gasteiger partial charge is 0.484 e. The molecule has 8 heteroatoms. The lowest BCUT2D eigenvalue weighted by Crippen LogP contribution is -2.39. The smallest absolute Gasteiger partial charge is 0.422 e. The number of halogens is 3. The number of hydrogen-bond donors (Lipinski definition) is 3. The first-order valence-electron chi connectivity index (χ1n) is 6.73. The molecule has 0 aromatic heterocycles. The van der Waals surface area contributed by atoms with Gasteiger partial charge in [-0.05, 0) is 37.1 Å². The van der Waals surface area contributed by atoms with Crippen molar-refractivity contribution in [3.63, 3.8) is 0 Å². The van der Waals surface area contributed by atoms with Gasteiger partial charge in [0.2, 0.25) is 0 Å². The maximum absolute atomic E-state index is 12.1. The molecule has 0 unspecified atom stereocenters. The molecule has 1 aromatic rings. The Labute approximate surface area is 126 Å². The van der Waals surface area contributed by atoms with Gasteiger partial charge in [0.05, 0.1) is 12.6 Å². The van der Waals surface area contributed by atoms with Crippen LogP contribution in [0.15, 0.2) is 18.2 Å². The van der Waals surface area contributed by atoms with Gasteiger partial charge in [-0.15, -0.1) is 0 Å². The predicted molar refractivity (Wildman–Crippen MR) is 76.0 cm³/mol. The van der Waals surface area contributed by atoms with Crippen LogP contribution in [0.4, 0.5) is 23.7 Å². The van der Waals surface area contributed by atoms with Crippen molar-refractivity contribution in [3.05, 3.63) is 23.8 Å². The highest BCUT2D eigenvalue weighted by Gasteiger charge is 2.28. The monoisotopic (exact) mass is 320 g/mol. The Hall–Kier alpha value is -1.96. The van der Waals surface area contributed by atoms with Gasteiger partial charge in [-0.2, -0.15) is 13.2 Å². The number of hydrogen-bond acceptors (Lipinski definition) is 3. The fourth-order valence-electron chi connectivity index (χ4n) is 1.68. The summed E-state index contributed by atoms with van der Waals surface area (Å²) < 4.78 is 41.0. The van der Waals surface area contributed by atoms with Gasteiger partial charge in [0.15, 0.2) is 6.61 Å². The third kappa shape index (κ3) is 6.21. The second-order valence-electron chi connectivity index (χ2n) is 4.77. The van der Waals surface area contributed by atoms with Crippen LogP contribution in [0.5, 0.6) is 5.75 Å². The van der Waals surface area contributed by atoms with E-state index in [2.05, 4.69) is 15.4 Å². The molecular weight excluding hydrogens is 301 g/mol. The second-order valence-corrected chi connectivity index (χ2v) is 4.77. The molecule has 0 saturated carbocycles. The van der Waals surface area contributed by atoms with E-state index in [-0.39, 0.29) is 18.4 Å². The van der Waals surface area contributed by atoms with E-state index in [1.165, 1.54) is 18.2 Å². The molecular formula is C14H19F3N2O3. The van der Waals surface area contributed by atoms with Crippen molar-refractivity contribution >= 4 is 11.7 Å². The summed E-state index contributed by atoms with van der Waals surface area (Å²) in [6.45, 7) is 1.86. The number of benzene rings is 1. The van der Waals surface area contributed by atoms with Crippen LogP contribution in [-0.2, 0) is 0 Å². The molecule has 2 amide bonds. The Bertz CT molecular complexity index is 503. The van der Waals surface area contributed by atoms with E-state index in [1.54, 1.807) is 6.92 Å². The van der Waals surface area contributed by atoms with Crippen LogP contribution in [0.2, 0.25) is 0 Å². The van der Waals surface area contributed by atoms with Crippen LogP contribution in [0.25, 0.3) is 0 Å². The lowest BCUT2D eigenvalue weighted by molar-refractivity contribution is -0.153. The summed E-state index contributed by atoms with van der Waals surface area (Å²) in [5, 5.41) is 14.1. The third-order valence-corrected chi connectivity index (χ3v) is 2.87. The Morgan fingerprint density at radius 3 is 2.59 bits per heavy atom. The maximum atomic E-state index is 12.1. The van der Waals surface area contributed by atoms with Crippen LogP contribution in [0.3, 0.4) is 0 Å². The number of rotatable bonds is 6. The number of alkyl halides is 3. The molecule has 5 nitrogen and oxygen atoms in total. The molecule has 0 aliphatic carbocycles. The Morgan fingerprint density at radius 2 is 2.09 bits per heavy atom. The number of urea groups is 1. The molecule has 124 valence electrons. The summed E-state index contributed by atoms with van der Waals surface area (Å²) in [5.41, 5.74) is 0.887.